The van der Waals surface area contributed by atoms with Crippen LogP contribution in [0.1, 0.15) is 26.0 Å². The third-order valence-corrected chi connectivity index (χ3v) is 5.03. The number of hydrogen-bond donors (Lipinski definition) is 3. The van der Waals surface area contributed by atoms with E-state index < -0.39 is 10.0 Å². The second-order valence-corrected chi connectivity index (χ2v) is 7.40. The summed E-state index contributed by atoms with van der Waals surface area (Å²) in [7, 11) is -1.55. The predicted molar refractivity (Wildman–Crippen MR) is 70.6 cm³/mol. The van der Waals surface area contributed by atoms with Crippen molar-refractivity contribution in [2.24, 2.45) is 11.3 Å². The molecule has 1 atom stereocenters. The Bertz CT molecular complexity index is 519. The zero-order chi connectivity index (χ0) is 13.4. The Labute approximate surface area is 108 Å². The second kappa shape index (κ2) is 4.68. The molecule has 1 aliphatic rings. The molecule has 0 aliphatic heterocycles. The molecule has 1 aliphatic carbocycles. The van der Waals surface area contributed by atoms with Crippen molar-refractivity contribution in [3.63, 3.8) is 0 Å². The lowest BCUT2D eigenvalue weighted by Crippen LogP contribution is -2.26. The van der Waals surface area contributed by atoms with Crippen LogP contribution in [0.3, 0.4) is 0 Å². The zero-order valence-corrected chi connectivity index (χ0v) is 11.9. The third kappa shape index (κ3) is 2.93. The molecule has 1 aromatic heterocycles. The molecule has 1 saturated carbocycles. The molecular weight excluding hydrogens is 250 g/mol. The summed E-state index contributed by atoms with van der Waals surface area (Å²) in [6.45, 7) is 5.48. The van der Waals surface area contributed by atoms with Crippen molar-refractivity contribution >= 4 is 10.0 Å². The highest BCUT2D eigenvalue weighted by Crippen LogP contribution is 2.51. The van der Waals surface area contributed by atoms with E-state index in [1.807, 2.05) is 7.05 Å². The number of rotatable bonds is 6. The van der Waals surface area contributed by atoms with Gasteiger partial charge in [0, 0.05) is 25.0 Å². The number of aromatic amines is 1. The molecule has 1 unspecified atom stereocenters. The van der Waals surface area contributed by atoms with Crippen molar-refractivity contribution in [3.05, 3.63) is 18.0 Å². The molecule has 1 heterocycles. The molecule has 5 nitrogen and oxygen atoms in total. The van der Waals surface area contributed by atoms with Crippen molar-refractivity contribution in [3.8, 4) is 0 Å². The summed E-state index contributed by atoms with van der Waals surface area (Å²) in [5.41, 5.74) is 1.16. The Balaban J connectivity index is 1.97. The van der Waals surface area contributed by atoms with E-state index in [2.05, 4.69) is 28.9 Å². The highest BCUT2D eigenvalue weighted by Gasteiger charge is 2.45. The second-order valence-electron chi connectivity index (χ2n) is 5.63. The van der Waals surface area contributed by atoms with Crippen LogP contribution >= 0.6 is 0 Å². The first kappa shape index (κ1) is 13.6. The molecule has 0 amide bonds. The molecule has 3 N–H and O–H groups in total. The van der Waals surface area contributed by atoms with Gasteiger partial charge in [0.25, 0.3) is 0 Å². The van der Waals surface area contributed by atoms with Gasteiger partial charge in [-0.3, -0.25) is 0 Å². The monoisotopic (exact) mass is 271 g/mol. The van der Waals surface area contributed by atoms with Crippen molar-refractivity contribution < 1.29 is 8.42 Å². The summed E-state index contributed by atoms with van der Waals surface area (Å²) < 4.78 is 26.8. The van der Waals surface area contributed by atoms with Crippen LogP contribution in [0.4, 0.5) is 0 Å². The average molecular weight is 271 g/mol. The molecule has 0 saturated heterocycles. The summed E-state index contributed by atoms with van der Waals surface area (Å²) >= 11 is 0. The molecule has 0 aromatic carbocycles. The van der Waals surface area contributed by atoms with Gasteiger partial charge >= 0.3 is 0 Å². The molecule has 102 valence electrons. The molecule has 0 radical (unpaired) electrons. The summed E-state index contributed by atoms with van der Waals surface area (Å²) in [5.74, 6) is 0.461. The number of H-pyrrole nitrogens is 1. The van der Waals surface area contributed by atoms with E-state index in [4.69, 9.17) is 0 Å². The normalized spacial score (nSPS) is 22.1. The van der Waals surface area contributed by atoms with Gasteiger partial charge in [0.1, 0.15) is 0 Å². The lowest BCUT2D eigenvalue weighted by Gasteiger charge is -2.06. The van der Waals surface area contributed by atoms with Crippen LogP contribution in [-0.2, 0) is 16.6 Å². The Morgan fingerprint density at radius 1 is 1.50 bits per heavy atom. The van der Waals surface area contributed by atoms with Crippen LogP contribution in [0, 0.1) is 11.3 Å². The van der Waals surface area contributed by atoms with Gasteiger partial charge in [-0.25, -0.2) is 13.1 Å². The molecule has 6 heteroatoms. The van der Waals surface area contributed by atoms with E-state index in [0.29, 0.717) is 23.9 Å². The van der Waals surface area contributed by atoms with E-state index in [1.54, 1.807) is 6.07 Å². The molecule has 2 rings (SSSR count). The summed E-state index contributed by atoms with van der Waals surface area (Å²) in [4.78, 5) is 3.26. The fraction of sp³-hybridized carbons (Fsp3) is 0.667. The zero-order valence-electron chi connectivity index (χ0n) is 11.1. The van der Waals surface area contributed by atoms with Gasteiger partial charge in [-0.2, -0.15) is 0 Å². The molecular formula is C12H21N3O2S. The van der Waals surface area contributed by atoms with Gasteiger partial charge in [-0.15, -0.1) is 0 Å². The first-order valence-corrected chi connectivity index (χ1v) is 7.65. The van der Waals surface area contributed by atoms with Gasteiger partial charge in [0.05, 0.1) is 4.90 Å². The summed E-state index contributed by atoms with van der Waals surface area (Å²) in [6.07, 6.45) is 2.63. The number of hydrogen-bond acceptors (Lipinski definition) is 3. The van der Waals surface area contributed by atoms with E-state index in [9.17, 15) is 8.42 Å². The van der Waals surface area contributed by atoms with Crippen LogP contribution in [0.2, 0.25) is 0 Å². The summed E-state index contributed by atoms with van der Waals surface area (Å²) in [6, 6.07) is 1.66. The van der Waals surface area contributed by atoms with E-state index >= 15 is 0 Å². The van der Waals surface area contributed by atoms with Crippen LogP contribution in [0.15, 0.2) is 17.2 Å². The van der Waals surface area contributed by atoms with Crippen LogP contribution in [0.5, 0.6) is 0 Å². The maximum Gasteiger partial charge on any atom is 0.242 e. The maximum atomic E-state index is 12.0. The Morgan fingerprint density at radius 3 is 2.72 bits per heavy atom. The molecule has 1 fully saturated rings. The largest absolute Gasteiger partial charge is 0.363 e. The molecule has 1 aromatic rings. The SMILES string of the molecule is CNCc1cc(S(=O)(=O)NCC2CC2(C)C)c[nH]1. The van der Waals surface area contributed by atoms with Gasteiger partial charge in [0.2, 0.25) is 10.0 Å². The fourth-order valence-electron chi connectivity index (χ4n) is 2.08. The Hall–Kier alpha value is -0.850. The number of sulfonamides is 1. The smallest absolute Gasteiger partial charge is 0.242 e. The van der Waals surface area contributed by atoms with E-state index in [1.165, 1.54) is 6.20 Å². The van der Waals surface area contributed by atoms with E-state index in [-0.39, 0.29) is 5.41 Å². The van der Waals surface area contributed by atoms with Gasteiger partial charge in [-0.05, 0) is 30.9 Å². The third-order valence-electron chi connectivity index (χ3n) is 3.63. The van der Waals surface area contributed by atoms with E-state index in [0.717, 1.165) is 12.1 Å². The number of aromatic nitrogens is 1. The first-order valence-electron chi connectivity index (χ1n) is 6.17. The Morgan fingerprint density at radius 2 is 2.17 bits per heavy atom. The Kier molecular flexibility index (Phi) is 3.53. The number of nitrogens with one attached hydrogen (secondary N) is 3. The fourth-order valence-corrected chi connectivity index (χ4v) is 3.18. The van der Waals surface area contributed by atoms with Crippen molar-refractivity contribution in [2.75, 3.05) is 13.6 Å². The predicted octanol–water partition coefficient (Wildman–Crippen LogP) is 1.06. The van der Waals surface area contributed by atoms with Gasteiger partial charge < -0.3 is 10.3 Å². The minimum atomic E-state index is -3.37. The summed E-state index contributed by atoms with van der Waals surface area (Å²) in [5, 5.41) is 2.97. The quantitative estimate of drug-likeness (QED) is 0.724. The molecule has 0 bridgehead atoms. The first-order chi connectivity index (χ1) is 8.35. The van der Waals surface area contributed by atoms with Crippen molar-refractivity contribution in [2.45, 2.75) is 31.7 Å². The standard InChI is InChI=1S/C12H21N3O2S/c1-12(2)5-9(12)6-15-18(16,17)11-4-10(7-13-3)14-8-11/h4,8-9,13-15H,5-7H2,1-3H3. The van der Waals surface area contributed by atoms with Crippen LogP contribution in [0.25, 0.3) is 0 Å². The minimum Gasteiger partial charge on any atom is -0.363 e. The highest BCUT2D eigenvalue weighted by atomic mass is 32.2. The average Bonchev–Trinajstić information content (AvgIpc) is 2.71. The lowest BCUT2D eigenvalue weighted by atomic mass is 10.1. The van der Waals surface area contributed by atoms with Crippen molar-refractivity contribution in [1.82, 2.24) is 15.0 Å². The van der Waals surface area contributed by atoms with Crippen LogP contribution in [-0.4, -0.2) is 27.0 Å². The minimum absolute atomic E-state index is 0.290. The maximum absolute atomic E-state index is 12.0. The van der Waals surface area contributed by atoms with Crippen LogP contribution < -0.4 is 10.0 Å². The van der Waals surface area contributed by atoms with Crippen molar-refractivity contribution in [1.29, 1.82) is 0 Å². The van der Waals surface area contributed by atoms with Gasteiger partial charge in [-0.1, -0.05) is 13.8 Å². The van der Waals surface area contributed by atoms with Gasteiger partial charge in [0.15, 0.2) is 0 Å². The highest BCUT2D eigenvalue weighted by molar-refractivity contribution is 7.89. The molecule has 18 heavy (non-hydrogen) atoms. The lowest BCUT2D eigenvalue weighted by molar-refractivity contribution is 0.537. The molecule has 0 spiro atoms. The topological polar surface area (TPSA) is 74.0 Å².